The van der Waals surface area contributed by atoms with Crippen molar-refractivity contribution in [3.63, 3.8) is 0 Å². The maximum absolute atomic E-state index is 8.80. The molecular weight excluding hydrogens is 146 g/mol. The molecule has 0 N–H and O–H groups in total. The lowest BCUT2D eigenvalue weighted by atomic mass is 10.0. The molecule has 1 heteroatoms. The number of hydrogen-bond donors (Lipinski definition) is 0. The van der Waals surface area contributed by atoms with Gasteiger partial charge in [-0.1, -0.05) is 12.1 Å². The van der Waals surface area contributed by atoms with Crippen molar-refractivity contribution in [2.75, 3.05) is 0 Å². The first-order valence-corrected chi connectivity index (χ1v) is 4.32. The van der Waals surface area contributed by atoms with E-state index in [0.29, 0.717) is 0 Å². The maximum atomic E-state index is 8.80. The largest absolute Gasteiger partial charge is 0.192 e. The van der Waals surface area contributed by atoms with E-state index in [0.717, 1.165) is 17.0 Å². The first kappa shape index (κ1) is 7.36. The fourth-order valence-corrected chi connectivity index (χ4v) is 1.43. The average molecular weight is 157 g/mol. The van der Waals surface area contributed by atoms with Gasteiger partial charge in [0.15, 0.2) is 0 Å². The Bertz CT molecular complexity index is 343. The molecule has 0 saturated heterocycles. The van der Waals surface area contributed by atoms with Crippen molar-refractivity contribution in [2.45, 2.75) is 25.7 Å². The monoisotopic (exact) mass is 157 g/mol. The summed E-state index contributed by atoms with van der Waals surface area (Å²) in [6.07, 6.45) is 2.60. The number of benzene rings is 1. The van der Waals surface area contributed by atoms with Gasteiger partial charge in [-0.05, 0) is 42.9 Å². The topological polar surface area (TPSA) is 23.8 Å². The molecule has 0 aromatic heterocycles. The van der Waals surface area contributed by atoms with Crippen LogP contribution in [0.5, 0.6) is 0 Å². The van der Waals surface area contributed by atoms with Crippen molar-refractivity contribution < 1.29 is 0 Å². The highest BCUT2D eigenvalue weighted by atomic mass is 14.3. The van der Waals surface area contributed by atoms with Crippen LogP contribution in [0.4, 0.5) is 0 Å². The van der Waals surface area contributed by atoms with Gasteiger partial charge in [0.05, 0.1) is 11.6 Å². The molecule has 1 nitrogen and oxygen atoms in total. The molecule has 0 unspecified atom stereocenters. The minimum Gasteiger partial charge on any atom is -0.192 e. The Morgan fingerprint density at radius 1 is 1.42 bits per heavy atom. The normalized spacial score (nSPS) is 15.7. The number of aryl methyl sites for hydroxylation is 1. The van der Waals surface area contributed by atoms with Crippen molar-refractivity contribution in [1.29, 1.82) is 5.26 Å². The van der Waals surface area contributed by atoms with Crippen LogP contribution in [0, 0.1) is 18.3 Å². The third-order valence-electron chi connectivity index (χ3n) is 2.43. The average Bonchev–Trinajstić information content (AvgIpc) is 2.88. The van der Waals surface area contributed by atoms with Crippen LogP contribution in [-0.2, 0) is 0 Å². The third kappa shape index (κ3) is 1.21. The minimum absolute atomic E-state index is 0.748. The van der Waals surface area contributed by atoms with Gasteiger partial charge in [0.1, 0.15) is 0 Å². The Hall–Kier alpha value is -1.29. The molecule has 60 valence electrons. The summed E-state index contributed by atoms with van der Waals surface area (Å²) in [5.41, 5.74) is 3.26. The standard InChI is InChI=1S/C11H11N/c1-8-2-3-10(9-4-5-9)6-11(8)7-12/h2-3,6,9H,4-5H2,1H3. The van der Waals surface area contributed by atoms with E-state index in [2.05, 4.69) is 12.1 Å². The molecule has 1 aromatic rings. The molecule has 0 bridgehead atoms. The summed E-state index contributed by atoms with van der Waals surface area (Å²) in [5, 5.41) is 8.80. The van der Waals surface area contributed by atoms with Gasteiger partial charge < -0.3 is 0 Å². The Kier molecular flexibility index (Phi) is 1.62. The summed E-state index contributed by atoms with van der Waals surface area (Å²) in [7, 11) is 0. The fraction of sp³-hybridized carbons (Fsp3) is 0.364. The van der Waals surface area contributed by atoms with Crippen LogP contribution < -0.4 is 0 Å². The van der Waals surface area contributed by atoms with E-state index in [4.69, 9.17) is 5.26 Å². The Balaban J connectivity index is 2.42. The molecule has 0 heterocycles. The summed E-state index contributed by atoms with van der Waals surface area (Å²) in [4.78, 5) is 0. The van der Waals surface area contributed by atoms with Gasteiger partial charge in [-0.2, -0.15) is 5.26 Å². The van der Waals surface area contributed by atoms with Crippen LogP contribution >= 0.6 is 0 Å². The van der Waals surface area contributed by atoms with Crippen LogP contribution in [-0.4, -0.2) is 0 Å². The summed E-state index contributed by atoms with van der Waals surface area (Å²) in [6.45, 7) is 1.98. The lowest BCUT2D eigenvalue weighted by Gasteiger charge is -2.00. The minimum atomic E-state index is 0.748. The fourth-order valence-electron chi connectivity index (χ4n) is 1.43. The predicted octanol–water partition coefficient (Wildman–Crippen LogP) is 2.74. The summed E-state index contributed by atoms with van der Waals surface area (Å²) in [6, 6.07) is 8.45. The van der Waals surface area contributed by atoms with Gasteiger partial charge in [-0.25, -0.2) is 0 Å². The Morgan fingerprint density at radius 3 is 2.75 bits per heavy atom. The van der Waals surface area contributed by atoms with Gasteiger partial charge in [0.2, 0.25) is 0 Å². The third-order valence-corrected chi connectivity index (χ3v) is 2.43. The molecule has 0 aliphatic heterocycles. The van der Waals surface area contributed by atoms with Crippen LogP contribution in [0.1, 0.15) is 35.4 Å². The maximum Gasteiger partial charge on any atom is 0.0994 e. The number of hydrogen-bond acceptors (Lipinski definition) is 1. The SMILES string of the molecule is Cc1ccc(C2CC2)cc1C#N. The Labute approximate surface area is 72.6 Å². The van der Waals surface area contributed by atoms with E-state index in [9.17, 15) is 0 Å². The highest BCUT2D eigenvalue weighted by Crippen LogP contribution is 2.40. The molecule has 2 rings (SSSR count). The highest BCUT2D eigenvalue weighted by Gasteiger charge is 2.23. The molecular formula is C11H11N. The number of nitrogens with zero attached hydrogens (tertiary/aromatic N) is 1. The molecule has 0 spiro atoms. The lowest BCUT2D eigenvalue weighted by molar-refractivity contribution is 1.12. The van der Waals surface area contributed by atoms with Crippen LogP contribution in [0.3, 0.4) is 0 Å². The van der Waals surface area contributed by atoms with E-state index in [1.165, 1.54) is 18.4 Å². The van der Waals surface area contributed by atoms with Gasteiger partial charge in [-0.3, -0.25) is 0 Å². The number of nitriles is 1. The second-order valence-corrected chi connectivity index (χ2v) is 3.46. The lowest BCUT2D eigenvalue weighted by Crippen LogP contribution is -1.85. The summed E-state index contributed by atoms with van der Waals surface area (Å²) < 4.78 is 0. The van der Waals surface area contributed by atoms with E-state index in [-0.39, 0.29) is 0 Å². The van der Waals surface area contributed by atoms with Gasteiger partial charge in [-0.15, -0.1) is 0 Å². The molecule has 1 saturated carbocycles. The van der Waals surface area contributed by atoms with Crippen molar-refractivity contribution in [3.05, 3.63) is 34.9 Å². The zero-order chi connectivity index (χ0) is 8.55. The smallest absolute Gasteiger partial charge is 0.0994 e. The van der Waals surface area contributed by atoms with Crippen molar-refractivity contribution >= 4 is 0 Å². The van der Waals surface area contributed by atoms with Crippen LogP contribution in [0.2, 0.25) is 0 Å². The number of rotatable bonds is 1. The zero-order valence-corrected chi connectivity index (χ0v) is 7.17. The van der Waals surface area contributed by atoms with Crippen LogP contribution in [0.15, 0.2) is 18.2 Å². The van der Waals surface area contributed by atoms with Crippen molar-refractivity contribution in [1.82, 2.24) is 0 Å². The molecule has 1 fully saturated rings. The van der Waals surface area contributed by atoms with E-state index >= 15 is 0 Å². The molecule has 1 aromatic carbocycles. The molecule has 0 atom stereocenters. The second-order valence-electron chi connectivity index (χ2n) is 3.46. The molecule has 12 heavy (non-hydrogen) atoms. The molecule has 0 radical (unpaired) electrons. The summed E-state index contributed by atoms with van der Waals surface area (Å²) in [5.74, 6) is 0.748. The van der Waals surface area contributed by atoms with E-state index in [1.807, 2.05) is 19.1 Å². The van der Waals surface area contributed by atoms with Crippen LogP contribution in [0.25, 0.3) is 0 Å². The van der Waals surface area contributed by atoms with E-state index < -0.39 is 0 Å². The predicted molar refractivity (Wildman–Crippen MR) is 47.9 cm³/mol. The van der Waals surface area contributed by atoms with Gasteiger partial charge in [0.25, 0.3) is 0 Å². The quantitative estimate of drug-likeness (QED) is 0.615. The van der Waals surface area contributed by atoms with Crippen molar-refractivity contribution in [2.24, 2.45) is 0 Å². The molecule has 1 aliphatic rings. The van der Waals surface area contributed by atoms with Crippen molar-refractivity contribution in [3.8, 4) is 6.07 Å². The molecule has 1 aliphatic carbocycles. The highest BCUT2D eigenvalue weighted by molar-refractivity contribution is 5.41. The first-order valence-electron chi connectivity index (χ1n) is 4.32. The first-order chi connectivity index (χ1) is 5.81. The van der Waals surface area contributed by atoms with Gasteiger partial charge in [0, 0.05) is 0 Å². The Morgan fingerprint density at radius 2 is 2.17 bits per heavy atom. The van der Waals surface area contributed by atoms with Gasteiger partial charge >= 0.3 is 0 Å². The van der Waals surface area contributed by atoms with E-state index in [1.54, 1.807) is 0 Å². The zero-order valence-electron chi connectivity index (χ0n) is 7.17. The molecule has 0 amide bonds. The second kappa shape index (κ2) is 2.64. The summed E-state index contributed by atoms with van der Waals surface area (Å²) >= 11 is 0.